The minimum Gasteiger partial charge on any atom is -0.248 e. The first kappa shape index (κ1) is 13.3. The van der Waals surface area contributed by atoms with Gasteiger partial charge in [-0.15, -0.1) is 0 Å². The Morgan fingerprint density at radius 2 is 1.71 bits per heavy atom. The molecule has 3 nitrogen and oxygen atoms in total. The molecule has 0 unspecified atom stereocenters. The second-order valence-corrected chi connectivity index (χ2v) is 4.97. The number of rotatable bonds is 5. The molecule has 0 aliphatic rings. The minimum atomic E-state index is 0.735. The highest BCUT2D eigenvalue weighted by Gasteiger charge is 2.03. The van der Waals surface area contributed by atoms with Gasteiger partial charge in [0.2, 0.25) is 0 Å². The minimum absolute atomic E-state index is 0.735. The Kier molecular flexibility index (Phi) is 3.92. The number of benzene rings is 2. The molecule has 2 aromatic carbocycles. The number of nitrogens with zero attached hydrogens (tertiary/aromatic N) is 3. The van der Waals surface area contributed by atoms with Crippen LogP contribution in [0.2, 0.25) is 0 Å². The molecule has 0 radical (unpaired) electrons. The molecule has 1 heterocycles. The van der Waals surface area contributed by atoms with Gasteiger partial charge in [-0.3, -0.25) is 0 Å². The maximum Gasteiger partial charge on any atom is 0.154 e. The molecule has 3 rings (SSSR count). The SMILES string of the molecule is C=Cc1ccc(Cn2cnc(Cc3ccccc3)n2)cc1. The van der Waals surface area contributed by atoms with Gasteiger partial charge in [-0.05, 0) is 16.7 Å². The fourth-order valence-electron chi connectivity index (χ4n) is 2.21. The highest BCUT2D eigenvalue weighted by Crippen LogP contribution is 2.08. The van der Waals surface area contributed by atoms with Crippen LogP contribution >= 0.6 is 0 Å². The first-order valence-electron chi connectivity index (χ1n) is 6.97. The molecule has 0 saturated carbocycles. The van der Waals surface area contributed by atoms with Crippen LogP contribution < -0.4 is 0 Å². The van der Waals surface area contributed by atoms with Gasteiger partial charge < -0.3 is 0 Å². The van der Waals surface area contributed by atoms with E-state index in [0.717, 1.165) is 24.4 Å². The van der Waals surface area contributed by atoms with Crippen molar-refractivity contribution < 1.29 is 0 Å². The molecular formula is C18H17N3. The van der Waals surface area contributed by atoms with Gasteiger partial charge in [-0.1, -0.05) is 67.3 Å². The zero-order valence-electron chi connectivity index (χ0n) is 11.8. The van der Waals surface area contributed by atoms with Crippen LogP contribution in [0.15, 0.2) is 67.5 Å². The van der Waals surface area contributed by atoms with Crippen LogP contribution in [0, 0.1) is 0 Å². The van der Waals surface area contributed by atoms with E-state index in [-0.39, 0.29) is 0 Å². The Bertz CT molecular complexity index is 712. The van der Waals surface area contributed by atoms with Crippen LogP contribution in [0.4, 0.5) is 0 Å². The van der Waals surface area contributed by atoms with Crippen molar-refractivity contribution in [3.05, 3.63) is 90.0 Å². The summed E-state index contributed by atoms with van der Waals surface area (Å²) in [4.78, 5) is 4.38. The number of aromatic nitrogens is 3. The van der Waals surface area contributed by atoms with Crippen molar-refractivity contribution in [3.63, 3.8) is 0 Å². The Labute approximate surface area is 124 Å². The van der Waals surface area contributed by atoms with Crippen LogP contribution in [-0.2, 0) is 13.0 Å². The monoisotopic (exact) mass is 275 g/mol. The van der Waals surface area contributed by atoms with Gasteiger partial charge in [-0.2, -0.15) is 5.10 Å². The smallest absolute Gasteiger partial charge is 0.154 e. The Balaban J connectivity index is 1.68. The Hall–Kier alpha value is -2.68. The molecule has 0 spiro atoms. The Morgan fingerprint density at radius 3 is 2.43 bits per heavy atom. The van der Waals surface area contributed by atoms with E-state index in [2.05, 4.69) is 53.1 Å². The van der Waals surface area contributed by atoms with E-state index < -0.39 is 0 Å². The van der Waals surface area contributed by atoms with E-state index >= 15 is 0 Å². The third kappa shape index (κ3) is 3.45. The standard InChI is InChI=1S/C18H17N3/c1-2-15-8-10-17(11-9-15)13-21-14-19-18(20-21)12-16-6-4-3-5-7-16/h2-11,14H,1,12-13H2. The van der Waals surface area contributed by atoms with Crippen LogP contribution in [0.3, 0.4) is 0 Å². The van der Waals surface area contributed by atoms with Crippen molar-refractivity contribution in [2.75, 3.05) is 0 Å². The van der Waals surface area contributed by atoms with E-state index in [1.807, 2.05) is 29.0 Å². The second-order valence-electron chi connectivity index (χ2n) is 4.97. The van der Waals surface area contributed by atoms with Gasteiger partial charge in [0.1, 0.15) is 6.33 Å². The van der Waals surface area contributed by atoms with Crippen molar-refractivity contribution >= 4 is 6.08 Å². The van der Waals surface area contributed by atoms with Crippen molar-refractivity contribution in [1.29, 1.82) is 0 Å². The van der Waals surface area contributed by atoms with E-state index in [0.29, 0.717) is 0 Å². The summed E-state index contributed by atoms with van der Waals surface area (Å²) in [6.45, 7) is 4.50. The fourth-order valence-corrected chi connectivity index (χ4v) is 2.21. The van der Waals surface area contributed by atoms with Crippen LogP contribution in [0.5, 0.6) is 0 Å². The molecule has 0 saturated heterocycles. The largest absolute Gasteiger partial charge is 0.248 e. The molecule has 1 aromatic heterocycles. The lowest BCUT2D eigenvalue weighted by molar-refractivity contribution is 0.675. The predicted molar refractivity (Wildman–Crippen MR) is 84.9 cm³/mol. The maximum absolute atomic E-state index is 4.53. The molecule has 0 N–H and O–H groups in total. The molecule has 0 atom stereocenters. The lowest BCUT2D eigenvalue weighted by Crippen LogP contribution is -2.01. The molecule has 104 valence electrons. The molecule has 0 amide bonds. The summed E-state index contributed by atoms with van der Waals surface area (Å²) in [5, 5.41) is 4.53. The van der Waals surface area contributed by atoms with Gasteiger partial charge in [0.25, 0.3) is 0 Å². The number of hydrogen-bond acceptors (Lipinski definition) is 2. The third-order valence-electron chi connectivity index (χ3n) is 3.35. The molecule has 0 fully saturated rings. The summed E-state index contributed by atoms with van der Waals surface area (Å²) in [7, 11) is 0. The van der Waals surface area contributed by atoms with Crippen LogP contribution in [-0.4, -0.2) is 14.8 Å². The normalized spacial score (nSPS) is 10.5. The molecule has 0 aliphatic carbocycles. The maximum atomic E-state index is 4.53. The molecule has 3 aromatic rings. The van der Waals surface area contributed by atoms with E-state index in [4.69, 9.17) is 0 Å². The van der Waals surface area contributed by atoms with E-state index in [1.165, 1.54) is 11.1 Å². The first-order valence-corrected chi connectivity index (χ1v) is 6.97. The summed E-state index contributed by atoms with van der Waals surface area (Å²) in [5.41, 5.74) is 3.56. The Morgan fingerprint density at radius 1 is 0.952 bits per heavy atom. The molecule has 0 aliphatic heterocycles. The van der Waals surface area contributed by atoms with E-state index in [1.54, 1.807) is 6.33 Å². The highest BCUT2D eigenvalue weighted by atomic mass is 15.3. The van der Waals surface area contributed by atoms with Gasteiger partial charge in [0.15, 0.2) is 5.82 Å². The van der Waals surface area contributed by atoms with Gasteiger partial charge in [0.05, 0.1) is 6.54 Å². The van der Waals surface area contributed by atoms with Crippen LogP contribution in [0.25, 0.3) is 6.08 Å². The molecular weight excluding hydrogens is 258 g/mol. The fraction of sp³-hybridized carbons (Fsp3) is 0.111. The third-order valence-corrected chi connectivity index (χ3v) is 3.35. The van der Waals surface area contributed by atoms with Crippen molar-refractivity contribution in [2.45, 2.75) is 13.0 Å². The average molecular weight is 275 g/mol. The van der Waals surface area contributed by atoms with Gasteiger partial charge in [-0.25, -0.2) is 9.67 Å². The molecule has 3 heteroatoms. The summed E-state index contributed by atoms with van der Waals surface area (Å²) in [5.74, 6) is 0.851. The van der Waals surface area contributed by atoms with Gasteiger partial charge >= 0.3 is 0 Å². The lowest BCUT2D eigenvalue weighted by Gasteiger charge is -2.02. The summed E-state index contributed by atoms with van der Waals surface area (Å²) in [6, 6.07) is 18.6. The van der Waals surface area contributed by atoms with Crippen molar-refractivity contribution in [1.82, 2.24) is 14.8 Å². The summed E-state index contributed by atoms with van der Waals surface area (Å²) in [6.07, 6.45) is 4.40. The molecule has 21 heavy (non-hydrogen) atoms. The predicted octanol–water partition coefficient (Wildman–Crippen LogP) is 3.56. The highest BCUT2D eigenvalue weighted by molar-refractivity contribution is 5.47. The number of hydrogen-bond donors (Lipinski definition) is 0. The zero-order chi connectivity index (χ0) is 14.5. The van der Waals surface area contributed by atoms with Crippen molar-refractivity contribution in [2.24, 2.45) is 0 Å². The van der Waals surface area contributed by atoms with Gasteiger partial charge in [0, 0.05) is 6.42 Å². The zero-order valence-corrected chi connectivity index (χ0v) is 11.8. The summed E-state index contributed by atoms with van der Waals surface area (Å²) < 4.78 is 1.88. The second kappa shape index (κ2) is 6.18. The quantitative estimate of drug-likeness (QED) is 0.713. The van der Waals surface area contributed by atoms with E-state index in [9.17, 15) is 0 Å². The summed E-state index contributed by atoms with van der Waals surface area (Å²) >= 11 is 0. The average Bonchev–Trinajstić information content (AvgIpc) is 2.96. The van der Waals surface area contributed by atoms with Crippen molar-refractivity contribution in [3.8, 4) is 0 Å². The topological polar surface area (TPSA) is 30.7 Å². The molecule has 0 bridgehead atoms. The lowest BCUT2D eigenvalue weighted by atomic mass is 10.1. The van der Waals surface area contributed by atoms with Crippen LogP contribution in [0.1, 0.15) is 22.5 Å². The first-order chi connectivity index (χ1) is 10.3.